The largest absolute Gasteiger partial charge is 0.488 e. The van der Waals surface area contributed by atoms with Gasteiger partial charge in [-0.05, 0) is 61.1 Å². The second kappa shape index (κ2) is 14.6. The van der Waals surface area contributed by atoms with Crippen molar-refractivity contribution in [2.45, 2.75) is 50.6 Å². The van der Waals surface area contributed by atoms with Crippen molar-refractivity contribution in [3.05, 3.63) is 87.9 Å². The zero-order chi connectivity index (χ0) is 30.2. The van der Waals surface area contributed by atoms with Gasteiger partial charge in [0.2, 0.25) is 11.8 Å². The number of carbonyl (C=O) groups is 2. The molecule has 42 heavy (non-hydrogen) atoms. The molecular weight excluding hydrogens is 564 g/mol. The first-order chi connectivity index (χ1) is 20.2. The van der Waals surface area contributed by atoms with Crippen molar-refractivity contribution in [1.82, 2.24) is 10.6 Å². The minimum atomic E-state index is -0.856. The number of benzene rings is 3. The number of primary amides is 1. The van der Waals surface area contributed by atoms with Crippen molar-refractivity contribution in [2.75, 3.05) is 26.9 Å². The van der Waals surface area contributed by atoms with Crippen LogP contribution in [-0.2, 0) is 9.53 Å². The van der Waals surface area contributed by atoms with Crippen molar-refractivity contribution in [2.24, 2.45) is 5.73 Å². The molecule has 224 valence electrons. The number of carbonyl (C=O) groups excluding carboxylic acids is 2. The summed E-state index contributed by atoms with van der Waals surface area (Å²) in [5.74, 6) is -2.82. The first-order valence-corrected chi connectivity index (χ1v) is 14.4. The highest BCUT2D eigenvalue weighted by Gasteiger charge is 2.27. The Labute approximate surface area is 249 Å². The first kappa shape index (κ1) is 31.4. The number of nitrogens with two attached hydrogens (primary N) is 1. The van der Waals surface area contributed by atoms with E-state index in [-0.39, 0.29) is 58.7 Å². The normalized spacial score (nSPS) is 17.5. The summed E-state index contributed by atoms with van der Waals surface area (Å²) in [5, 5.41) is 6.49. The Bertz CT molecular complexity index is 1400. The Balaban J connectivity index is 1.70. The van der Waals surface area contributed by atoms with Crippen LogP contribution in [0.1, 0.15) is 60.0 Å². The molecule has 7 nitrogen and oxygen atoms in total. The van der Waals surface area contributed by atoms with Crippen molar-refractivity contribution in [3.63, 3.8) is 0 Å². The summed E-state index contributed by atoms with van der Waals surface area (Å²) in [4.78, 5) is 23.8. The molecule has 1 atom stereocenters. The van der Waals surface area contributed by atoms with Gasteiger partial charge in [0.25, 0.3) is 0 Å². The number of rotatable bonds is 12. The van der Waals surface area contributed by atoms with Gasteiger partial charge < -0.3 is 25.8 Å². The molecule has 1 fully saturated rings. The molecule has 1 aliphatic carbocycles. The molecule has 0 spiro atoms. The van der Waals surface area contributed by atoms with Crippen molar-refractivity contribution in [1.29, 1.82) is 0 Å². The lowest BCUT2D eigenvalue weighted by atomic mass is 9.86. The molecule has 0 heterocycles. The maximum atomic E-state index is 15.9. The number of amides is 2. The smallest absolute Gasteiger partial charge is 0.249 e. The third-order valence-corrected chi connectivity index (χ3v) is 7.91. The molecular formula is C32H36ClF2N3O4. The average Bonchev–Trinajstić information content (AvgIpc) is 2.96. The second-order valence-corrected chi connectivity index (χ2v) is 10.9. The minimum Gasteiger partial charge on any atom is -0.488 e. The highest BCUT2D eigenvalue weighted by atomic mass is 35.5. The van der Waals surface area contributed by atoms with Gasteiger partial charge in [0.05, 0.1) is 17.2 Å². The molecule has 1 aliphatic rings. The van der Waals surface area contributed by atoms with Gasteiger partial charge in [-0.3, -0.25) is 9.59 Å². The molecule has 0 aliphatic heterocycles. The third kappa shape index (κ3) is 7.65. The van der Waals surface area contributed by atoms with E-state index in [4.69, 9.17) is 26.8 Å². The van der Waals surface area contributed by atoms with E-state index < -0.39 is 23.5 Å². The maximum absolute atomic E-state index is 15.9. The minimum absolute atomic E-state index is 0.0347. The SMILES string of the molecule is COCCOc1ccc(C(N)=O)c(-c2cc(C(CNC3CCC(NC(C)=O)CC3)c3ccccc3)c(F)cc2Cl)c1F. The maximum Gasteiger partial charge on any atom is 0.249 e. The Hall–Kier alpha value is -3.53. The van der Waals surface area contributed by atoms with E-state index in [0.717, 1.165) is 37.3 Å². The van der Waals surface area contributed by atoms with Gasteiger partial charge >= 0.3 is 0 Å². The van der Waals surface area contributed by atoms with Crippen LogP contribution in [0.5, 0.6) is 5.75 Å². The quantitative estimate of drug-likeness (QED) is 0.236. The Morgan fingerprint density at radius 2 is 1.71 bits per heavy atom. The van der Waals surface area contributed by atoms with Gasteiger partial charge in [-0.1, -0.05) is 41.9 Å². The predicted octanol–water partition coefficient (Wildman–Crippen LogP) is 5.58. The summed E-state index contributed by atoms with van der Waals surface area (Å²) in [6.07, 6.45) is 3.43. The number of hydrogen-bond donors (Lipinski definition) is 3. The van der Waals surface area contributed by atoms with Crippen LogP contribution in [0.15, 0.2) is 54.6 Å². The molecule has 3 aromatic carbocycles. The lowest BCUT2D eigenvalue weighted by Crippen LogP contribution is -2.42. The molecule has 2 amide bonds. The second-order valence-electron chi connectivity index (χ2n) is 10.5. The van der Waals surface area contributed by atoms with Crippen LogP contribution in [-0.4, -0.2) is 50.8 Å². The summed E-state index contributed by atoms with van der Waals surface area (Å²) in [6.45, 7) is 2.24. The monoisotopic (exact) mass is 599 g/mol. The summed E-state index contributed by atoms with van der Waals surface area (Å²) in [7, 11) is 1.50. The lowest BCUT2D eigenvalue weighted by molar-refractivity contribution is -0.119. The van der Waals surface area contributed by atoms with Crippen LogP contribution in [0.2, 0.25) is 5.02 Å². The fourth-order valence-corrected chi connectivity index (χ4v) is 5.75. The number of halogens is 3. The van der Waals surface area contributed by atoms with E-state index in [0.29, 0.717) is 12.1 Å². The average molecular weight is 600 g/mol. The standard InChI is InChI=1S/C32H36ClF2N3O4/c1-19(39)38-22-10-8-21(9-11-22)37-18-26(20-6-4-3-5-7-20)24-16-25(27(33)17-28(24)34)30-23(32(36)40)12-13-29(31(30)35)42-15-14-41-2/h3-7,12-13,16-17,21-22,26,37H,8-11,14-15,18H2,1-2H3,(H2,36,40)(H,38,39). The first-order valence-electron chi connectivity index (χ1n) is 14.0. The van der Waals surface area contributed by atoms with Gasteiger partial charge in [0.15, 0.2) is 11.6 Å². The Kier molecular flexibility index (Phi) is 10.9. The van der Waals surface area contributed by atoms with Crippen molar-refractivity contribution >= 4 is 23.4 Å². The Morgan fingerprint density at radius 3 is 2.36 bits per heavy atom. The van der Waals surface area contributed by atoms with Gasteiger partial charge in [-0.2, -0.15) is 0 Å². The van der Waals surface area contributed by atoms with Crippen LogP contribution in [0.4, 0.5) is 8.78 Å². The molecule has 0 aromatic heterocycles. The molecule has 1 unspecified atom stereocenters. The molecule has 1 saturated carbocycles. The van der Waals surface area contributed by atoms with Gasteiger partial charge in [-0.15, -0.1) is 0 Å². The number of hydrogen-bond acceptors (Lipinski definition) is 5. The zero-order valence-corrected chi connectivity index (χ0v) is 24.5. The van der Waals surface area contributed by atoms with E-state index in [1.54, 1.807) is 0 Å². The van der Waals surface area contributed by atoms with E-state index >= 15 is 8.78 Å². The Morgan fingerprint density at radius 1 is 1.02 bits per heavy atom. The fraction of sp³-hybridized carbons (Fsp3) is 0.375. The topological polar surface area (TPSA) is 103 Å². The van der Waals surface area contributed by atoms with Gasteiger partial charge in [0.1, 0.15) is 12.4 Å². The fourth-order valence-electron chi connectivity index (χ4n) is 5.50. The number of ether oxygens (including phenoxy) is 2. The number of nitrogens with one attached hydrogen (secondary N) is 2. The highest BCUT2D eigenvalue weighted by Crippen LogP contribution is 2.40. The van der Waals surface area contributed by atoms with Crippen LogP contribution in [0, 0.1) is 11.6 Å². The summed E-state index contributed by atoms with van der Waals surface area (Å²) >= 11 is 6.50. The molecule has 4 N–H and O–H groups in total. The van der Waals surface area contributed by atoms with Crippen molar-refractivity contribution in [3.8, 4) is 16.9 Å². The third-order valence-electron chi connectivity index (χ3n) is 7.60. The van der Waals surface area contributed by atoms with E-state index in [1.807, 2.05) is 30.3 Å². The van der Waals surface area contributed by atoms with E-state index in [2.05, 4.69) is 10.6 Å². The molecule has 4 rings (SSSR count). The molecule has 0 bridgehead atoms. The number of methoxy groups -OCH3 is 1. The van der Waals surface area contributed by atoms with E-state index in [9.17, 15) is 9.59 Å². The zero-order valence-electron chi connectivity index (χ0n) is 23.7. The van der Waals surface area contributed by atoms with Crippen LogP contribution >= 0.6 is 11.6 Å². The van der Waals surface area contributed by atoms with E-state index in [1.165, 1.54) is 32.2 Å². The predicted molar refractivity (Wildman–Crippen MR) is 159 cm³/mol. The van der Waals surface area contributed by atoms with Crippen LogP contribution < -0.4 is 21.1 Å². The molecule has 0 saturated heterocycles. The lowest BCUT2D eigenvalue weighted by Gasteiger charge is -2.31. The van der Waals surface area contributed by atoms with Crippen LogP contribution in [0.25, 0.3) is 11.1 Å². The summed E-state index contributed by atoms with van der Waals surface area (Å²) in [5.41, 5.74) is 6.64. The van der Waals surface area contributed by atoms with Gasteiger partial charge in [-0.25, -0.2) is 8.78 Å². The summed E-state index contributed by atoms with van der Waals surface area (Å²) in [6, 6.07) is 15.1. The summed E-state index contributed by atoms with van der Waals surface area (Å²) < 4.78 is 42.1. The highest BCUT2D eigenvalue weighted by molar-refractivity contribution is 6.33. The van der Waals surface area contributed by atoms with Gasteiger partial charge in [0, 0.05) is 49.7 Å². The van der Waals surface area contributed by atoms with Crippen LogP contribution in [0.3, 0.4) is 0 Å². The molecule has 0 radical (unpaired) electrons. The molecule has 10 heteroatoms. The van der Waals surface area contributed by atoms with Crippen molar-refractivity contribution < 1.29 is 27.8 Å². The molecule has 3 aromatic rings.